The highest BCUT2D eigenvalue weighted by Crippen LogP contribution is 2.53. The zero-order valence-electron chi connectivity index (χ0n) is 22.4. The molecule has 33 heavy (non-hydrogen) atoms. The van der Waals surface area contributed by atoms with E-state index in [9.17, 15) is 0 Å². The van der Waals surface area contributed by atoms with Crippen molar-refractivity contribution >= 4 is 8.32 Å². The fourth-order valence-corrected chi connectivity index (χ4v) is 10.6. The summed E-state index contributed by atoms with van der Waals surface area (Å²) in [6, 6.07) is 0. The van der Waals surface area contributed by atoms with Crippen LogP contribution in [0.3, 0.4) is 0 Å². The topological polar surface area (TPSA) is 56.4 Å². The van der Waals surface area contributed by atoms with Crippen molar-refractivity contribution in [1.82, 2.24) is 9.97 Å². The molecule has 184 valence electrons. The number of rotatable bonds is 12. The van der Waals surface area contributed by atoms with Gasteiger partial charge in [-0.15, -0.1) is 6.58 Å². The number of H-pyrrole nitrogens is 1. The maximum atomic E-state index is 7.34. The highest BCUT2D eigenvalue weighted by Gasteiger charge is 2.48. The summed E-state index contributed by atoms with van der Waals surface area (Å²) in [4.78, 5) is 7.95. The van der Waals surface area contributed by atoms with Crippen LogP contribution < -0.4 is 13.9 Å². The molecule has 1 N–H and O–H groups in total. The Kier molecular flexibility index (Phi) is 9.24. The van der Waals surface area contributed by atoms with Crippen LogP contribution in [0.5, 0.6) is 17.2 Å². The first-order valence-corrected chi connectivity index (χ1v) is 14.5. The molecular formula is C27H44N2O3Si. The van der Waals surface area contributed by atoms with Gasteiger partial charge in [-0.05, 0) is 50.7 Å². The van der Waals surface area contributed by atoms with Crippen LogP contribution in [0.15, 0.2) is 18.9 Å². The molecule has 1 aromatic carbocycles. The van der Waals surface area contributed by atoms with Gasteiger partial charge in [0, 0.05) is 11.1 Å². The number of aryl methyl sites for hydroxylation is 1. The van der Waals surface area contributed by atoms with E-state index in [-0.39, 0.29) is 0 Å². The first kappa shape index (κ1) is 27.0. The van der Waals surface area contributed by atoms with Gasteiger partial charge in [0.15, 0.2) is 11.5 Å². The smallest absolute Gasteiger partial charge is 0.258 e. The van der Waals surface area contributed by atoms with Crippen molar-refractivity contribution in [3.8, 4) is 28.5 Å². The van der Waals surface area contributed by atoms with Crippen LogP contribution in [0.2, 0.25) is 16.6 Å². The second-order valence-corrected chi connectivity index (χ2v) is 15.0. The molecule has 1 aromatic heterocycles. The van der Waals surface area contributed by atoms with Crippen molar-refractivity contribution in [1.29, 1.82) is 0 Å². The van der Waals surface area contributed by atoms with Gasteiger partial charge < -0.3 is 18.9 Å². The zero-order chi connectivity index (χ0) is 24.9. The van der Waals surface area contributed by atoms with Gasteiger partial charge in [-0.25, -0.2) is 4.98 Å². The molecule has 0 saturated heterocycles. The Labute approximate surface area is 202 Å². The van der Waals surface area contributed by atoms with Gasteiger partial charge in [0.2, 0.25) is 0 Å². The minimum absolute atomic E-state index is 0.429. The van der Waals surface area contributed by atoms with Crippen molar-refractivity contribution < 1.29 is 13.9 Å². The molecule has 0 bridgehead atoms. The number of hydrogen-bond acceptors (Lipinski definition) is 4. The largest absolute Gasteiger partial charge is 0.540 e. The lowest BCUT2D eigenvalue weighted by Gasteiger charge is -2.43. The van der Waals surface area contributed by atoms with Crippen molar-refractivity contribution in [3.05, 3.63) is 35.8 Å². The molecule has 0 fully saturated rings. The van der Waals surface area contributed by atoms with E-state index < -0.39 is 8.32 Å². The fraction of sp³-hybridized carbons (Fsp3) is 0.593. The summed E-state index contributed by atoms with van der Waals surface area (Å²) in [5, 5.41) is 0. The predicted molar refractivity (Wildman–Crippen MR) is 141 cm³/mol. The molecule has 0 amide bonds. The van der Waals surface area contributed by atoms with Crippen molar-refractivity contribution in [3.63, 3.8) is 0 Å². The third-order valence-corrected chi connectivity index (χ3v) is 12.5. The number of aromatic amines is 1. The Balaban J connectivity index is 3.04. The average molecular weight is 473 g/mol. The van der Waals surface area contributed by atoms with Crippen LogP contribution in [0.25, 0.3) is 11.3 Å². The van der Waals surface area contributed by atoms with E-state index in [1.807, 2.05) is 33.0 Å². The van der Waals surface area contributed by atoms with E-state index in [0.29, 0.717) is 36.3 Å². The monoisotopic (exact) mass is 472 g/mol. The minimum atomic E-state index is -2.27. The molecule has 1 heterocycles. The lowest BCUT2D eigenvalue weighted by atomic mass is 9.95. The Morgan fingerprint density at radius 3 is 1.91 bits per heavy atom. The van der Waals surface area contributed by atoms with Gasteiger partial charge in [-0.1, -0.05) is 47.6 Å². The predicted octanol–water partition coefficient (Wildman–Crippen LogP) is 7.77. The molecule has 0 saturated carbocycles. The molecule has 0 aliphatic rings. The van der Waals surface area contributed by atoms with Crippen molar-refractivity contribution in [2.24, 2.45) is 0 Å². The summed E-state index contributed by atoms with van der Waals surface area (Å²) < 4.78 is 19.8. The first-order valence-electron chi connectivity index (χ1n) is 12.3. The summed E-state index contributed by atoms with van der Waals surface area (Å²) >= 11 is 0. The van der Waals surface area contributed by atoms with Crippen LogP contribution in [-0.4, -0.2) is 31.5 Å². The Morgan fingerprint density at radius 2 is 1.48 bits per heavy atom. The molecular weight excluding hydrogens is 428 g/mol. The number of hydrogen-bond donors (Lipinski definition) is 1. The van der Waals surface area contributed by atoms with E-state index in [1.54, 1.807) is 0 Å². The molecule has 2 aromatic rings. The lowest BCUT2D eigenvalue weighted by molar-refractivity contribution is 0.307. The summed E-state index contributed by atoms with van der Waals surface area (Å²) in [7, 11) is -2.27. The summed E-state index contributed by atoms with van der Waals surface area (Å²) in [6.07, 6.45) is 4.46. The van der Waals surface area contributed by atoms with E-state index in [1.165, 1.54) is 0 Å². The molecule has 0 spiro atoms. The fourth-order valence-electron chi connectivity index (χ4n) is 5.32. The van der Waals surface area contributed by atoms with Gasteiger partial charge in [-0.3, -0.25) is 0 Å². The SMILES string of the molecule is C=CCc1c(OCC)c(C)c(OCC)c(O[Si](C(C)C)(C(C)C)C(C)C)c1-c1cnc(C)[nH]1. The normalized spacial score (nSPS) is 12.0. The number of imidazole rings is 1. The van der Waals surface area contributed by atoms with Crippen LogP contribution in [0.4, 0.5) is 0 Å². The Hall–Kier alpha value is -2.21. The Bertz CT molecular complexity index is 926. The van der Waals surface area contributed by atoms with Crippen molar-refractivity contribution in [2.75, 3.05) is 13.2 Å². The number of nitrogens with zero attached hydrogens (tertiary/aromatic N) is 1. The lowest BCUT2D eigenvalue weighted by Crippen LogP contribution is -2.51. The molecule has 0 unspecified atom stereocenters. The van der Waals surface area contributed by atoms with Gasteiger partial charge in [0.1, 0.15) is 11.6 Å². The summed E-state index contributed by atoms with van der Waals surface area (Å²) in [6.45, 7) is 27.0. The van der Waals surface area contributed by atoms with Crippen LogP contribution >= 0.6 is 0 Å². The summed E-state index contributed by atoms with van der Waals surface area (Å²) in [5.41, 5.74) is 5.22. The first-order chi connectivity index (χ1) is 15.6. The standard InChI is InChI=1S/C27H44N2O3Si/c1-12-15-22-24(23-16-28-21(11)29-23)27(26(31-14-3)20(10)25(22)30-13-2)32-33(17(4)5,18(6)7)19(8)9/h12,16-19H,1,13-15H2,2-11H3,(H,28,29). The number of aromatic nitrogens is 2. The van der Waals surface area contributed by atoms with Gasteiger partial charge in [0.05, 0.1) is 30.7 Å². The quantitative estimate of drug-likeness (QED) is 0.253. The molecule has 0 aliphatic carbocycles. The van der Waals surface area contributed by atoms with Gasteiger partial charge >= 0.3 is 0 Å². The van der Waals surface area contributed by atoms with Crippen molar-refractivity contribution in [2.45, 2.75) is 92.3 Å². The number of benzene rings is 1. The van der Waals surface area contributed by atoms with E-state index in [2.05, 4.69) is 65.0 Å². The Morgan fingerprint density at radius 1 is 0.939 bits per heavy atom. The number of nitrogens with one attached hydrogen (secondary N) is 1. The maximum Gasteiger partial charge on any atom is 0.258 e. The third kappa shape index (κ3) is 5.16. The number of ether oxygens (including phenoxy) is 2. The molecule has 0 radical (unpaired) electrons. The average Bonchev–Trinajstić information content (AvgIpc) is 3.16. The maximum absolute atomic E-state index is 7.34. The number of allylic oxidation sites excluding steroid dienone is 1. The second-order valence-electron chi connectivity index (χ2n) is 9.63. The van der Waals surface area contributed by atoms with E-state index >= 15 is 0 Å². The molecule has 0 atom stereocenters. The summed E-state index contributed by atoms with van der Waals surface area (Å²) in [5.74, 6) is 3.30. The van der Waals surface area contributed by atoms with Crippen LogP contribution in [0, 0.1) is 13.8 Å². The van der Waals surface area contributed by atoms with E-state index in [0.717, 1.165) is 45.5 Å². The molecule has 0 aliphatic heterocycles. The van der Waals surface area contributed by atoms with Crippen LogP contribution in [0.1, 0.15) is 72.3 Å². The highest BCUT2D eigenvalue weighted by molar-refractivity contribution is 6.78. The molecule has 2 rings (SSSR count). The van der Waals surface area contributed by atoms with Crippen LogP contribution in [-0.2, 0) is 6.42 Å². The highest BCUT2D eigenvalue weighted by atomic mass is 28.4. The third-order valence-electron chi connectivity index (χ3n) is 6.57. The van der Waals surface area contributed by atoms with Gasteiger partial charge in [-0.2, -0.15) is 0 Å². The molecule has 6 heteroatoms. The van der Waals surface area contributed by atoms with E-state index in [4.69, 9.17) is 13.9 Å². The van der Waals surface area contributed by atoms with Gasteiger partial charge in [0.25, 0.3) is 8.32 Å². The molecule has 5 nitrogen and oxygen atoms in total. The zero-order valence-corrected chi connectivity index (χ0v) is 23.4. The second kappa shape index (κ2) is 11.3. The minimum Gasteiger partial charge on any atom is -0.540 e.